The lowest BCUT2D eigenvalue weighted by molar-refractivity contribution is 0.325. The first-order chi connectivity index (χ1) is 8.19. The molecule has 1 aliphatic rings. The van der Waals surface area contributed by atoms with E-state index in [0.29, 0.717) is 24.6 Å². The van der Waals surface area contributed by atoms with Crippen LogP contribution in [0.3, 0.4) is 0 Å². The lowest BCUT2D eigenvalue weighted by Crippen LogP contribution is -2.54. The molecule has 0 saturated carbocycles. The fourth-order valence-electron chi connectivity index (χ4n) is 2.24. The van der Waals surface area contributed by atoms with Crippen LogP contribution in [0.1, 0.15) is 20.8 Å². The van der Waals surface area contributed by atoms with E-state index in [2.05, 4.69) is 34.0 Å². The summed E-state index contributed by atoms with van der Waals surface area (Å²) < 4.78 is 5.40. The zero-order chi connectivity index (χ0) is 12.3. The highest BCUT2D eigenvalue weighted by molar-refractivity contribution is 5.41. The Morgan fingerprint density at radius 2 is 2.06 bits per heavy atom. The minimum absolute atomic E-state index is 0.476. The van der Waals surface area contributed by atoms with E-state index in [1.165, 1.54) is 0 Å². The molecule has 94 valence electrons. The number of ether oxygens (including phenoxy) is 1. The Morgan fingerprint density at radius 3 is 2.71 bits per heavy atom. The summed E-state index contributed by atoms with van der Waals surface area (Å²) in [4.78, 5) is 10.7. The molecule has 1 aromatic rings. The molecule has 0 aromatic carbocycles. The Bertz CT molecular complexity index is 361. The lowest BCUT2D eigenvalue weighted by Gasteiger charge is -2.36. The number of anilines is 1. The molecule has 17 heavy (non-hydrogen) atoms. The second-order valence-corrected chi connectivity index (χ2v) is 4.52. The predicted molar refractivity (Wildman–Crippen MR) is 67.5 cm³/mol. The van der Waals surface area contributed by atoms with Gasteiger partial charge in [0.25, 0.3) is 0 Å². The first kappa shape index (κ1) is 12.1. The average Bonchev–Trinajstić information content (AvgIpc) is 2.28. The van der Waals surface area contributed by atoms with Gasteiger partial charge in [-0.3, -0.25) is 0 Å². The van der Waals surface area contributed by atoms with E-state index in [-0.39, 0.29) is 0 Å². The molecular formula is C12H20N4O. The van der Waals surface area contributed by atoms with E-state index < -0.39 is 0 Å². The molecule has 0 radical (unpaired) electrons. The number of aromatic nitrogens is 2. The van der Waals surface area contributed by atoms with Crippen LogP contribution in [-0.4, -0.2) is 41.7 Å². The highest BCUT2D eigenvalue weighted by Crippen LogP contribution is 2.18. The monoisotopic (exact) mass is 236 g/mol. The lowest BCUT2D eigenvalue weighted by atomic mass is 10.1. The molecule has 1 N–H and O–H groups in total. The van der Waals surface area contributed by atoms with Gasteiger partial charge in [-0.2, -0.15) is 0 Å². The molecule has 0 bridgehead atoms. The number of nitrogens with one attached hydrogen (secondary N) is 1. The minimum Gasteiger partial charge on any atom is -0.478 e. The van der Waals surface area contributed by atoms with Gasteiger partial charge in [0, 0.05) is 31.2 Å². The third-order valence-electron chi connectivity index (χ3n) is 2.80. The third-order valence-corrected chi connectivity index (χ3v) is 2.80. The first-order valence-corrected chi connectivity index (χ1v) is 6.15. The van der Waals surface area contributed by atoms with Crippen molar-refractivity contribution < 1.29 is 4.74 Å². The molecule has 2 atom stereocenters. The van der Waals surface area contributed by atoms with Gasteiger partial charge in [0.15, 0.2) is 0 Å². The van der Waals surface area contributed by atoms with Crippen molar-refractivity contribution in [2.75, 3.05) is 24.6 Å². The van der Waals surface area contributed by atoms with Gasteiger partial charge in [-0.15, -0.1) is 0 Å². The van der Waals surface area contributed by atoms with E-state index >= 15 is 0 Å². The number of nitrogens with zero attached hydrogens (tertiary/aromatic N) is 3. The summed E-state index contributed by atoms with van der Waals surface area (Å²) in [6.45, 7) is 8.89. The van der Waals surface area contributed by atoms with Crippen molar-refractivity contribution in [3.05, 3.63) is 12.4 Å². The maximum atomic E-state index is 5.40. The Balaban J connectivity index is 2.12. The van der Waals surface area contributed by atoms with Crippen molar-refractivity contribution in [3.63, 3.8) is 0 Å². The van der Waals surface area contributed by atoms with E-state index in [9.17, 15) is 0 Å². The zero-order valence-electron chi connectivity index (χ0n) is 10.7. The molecule has 1 saturated heterocycles. The highest BCUT2D eigenvalue weighted by atomic mass is 16.5. The standard InChI is InChI=1S/C12H20N4O/c1-4-17-12-5-11(13-8-14-12)16-6-9(2)15-10(3)7-16/h5,8-10,15H,4,6-7H2,1-3H3. The van der Waals surface area contributed by atoms with Crippen molar-refractivity contribution in [2.24, 2.45) is 0 Å². The first-order valence-electron chi connectivity index (χ1n) is 6.15. The second kappa shape index (κ2) is 5.31. The van der Waals surface area contributed by atoms with Crippen molar-refractivity contribution >= 4 is 5.82 Å². The van der Waals surface area contributed by atoms with Gasteiger partial charge < -0.3 is 15.0 Å². The maximum absolute atomic E-state index is 5.40. The fraction of sp³-hybridized carbons (Fsp3) is 0.667. The van der Waals surface area contributed by atoms with Crippen molar-refractivity contribution in [2.45, 2.75) is 32.9 Å². The molecule has 1 fully saturated rings. The second-order valence-electron chi connectivity index (χ2n) is 4.52. The summed E-state index contributed by atoms with van der Waals surface area (Å²) in [6, 6.07) is 2.86. The Kier molecular flexibility index (Phi) is 3.78. The number of hydrogen-bond donors (Lipinski definition) is 1. The number of rotatable bonds is 3. The van der Waals surface area contributed by atoms with E-state index in [1.54, 1.807) is 6.33 Å². The zero-order valence-corrected chi connectivity index (χ0v) is 10.7. The van der Waals surface area contributed by atoms with Crippen molar-refractivity contribution in [3.8, 4) is 5.88 Å². The predicted octanol–water partition coefficient (Wildman–Crippen LogP) is 1.06. The SMILES string of the molecule is CCOc1cc(N2CC(C)NC(C)C2)ncn1. The van der Waals surface area contributed by atoms with E-state index in [1.807, 2.05) is 13.0 Å². The fourth-order valence-corrected chi connectivity index (χ4v) is 2.24. The van der Waals surface area contributed by atoms with Crippen LogP contribution in [0.25, 0.3) is 0 Å². The number of piperazine rings is 1. The summed E-state index contributed by atoms with van der Waals surface area (Å²) >= 11 is 0. The molecule has 5 heteroatoms. The van der Waals surface area contributed by atoms with Crippen LogP contribution >= 0.6 is 0 Å². The third kappa shape index (κ3) is 3.06. The average molecular weight is 236 g/mol. The van der Waals surface area contributed by atoms with Gasteiger partial charge in [0.2, 0.25) is 5.88 Å². The number of hydrogen-bond acceptors (Lipinski definition) is 5. The highest BCUT2D eigenvalue weighted by Gasteiger charge is 2.22. The molecule has 1 aromatic heterocycles. The Morgan fingerprint density at radius 1 is 1.35 bits per heavy atom. The van der Waals surface area contributed by atoms with E-state index in [4.69, 9.17) is 4.74 Å². The van der Waals surface area contributed by atoms with Crippen molar-refractivity contribution in [1.82, 2.24) is 15.3 Å². The van der Waals surface area contributed by atoms with Gasteiger partial charge in [-0.1, -0.05) is 0 Å². The van der Waals surface area contributed by atoms with Gasteiger partial charge in [0.05, 0.1) is 6.61 Å². The summed E-state index contributed by atoms with van der Waals surface area (Å²) in [5, 5.41) is 3.50. The Labute approximate surface area is 102 Å². The van der Waals surface area contributed by atoms with Gasteiger partial charge in [-0.25, -0.2) is 9.97 Å². The minimum atomic E-state index is 0.476. The Hall–Kier alpha value is -1.36. The van der Waals surface area contributed by atoms with Crippen LogP contribution in [0.15, 0.2) is 12.4 Å². The molecular weight excluding hydrogens is 216 g/mol. The molecule has 2 heterocycles. The molecule has 0 spiro atoms. The molecule has 0 aliphatic carbocycles. The normalized spacial score (nSPS) is 24.8. The van der Waals surface area contributed by atoms with Crippen molar-refractivity contribution in [1.29, 1.82) is 0 Å². The molecule has 2 rings (SSSR count). The van der Waals surface area contributed by atoms with Gasteiger partial charge in [-0.05, 0) is 20.8 Å². The van der Waals surface area contributed by atoms with Crippen LogP contribution in [-0.2, 0) is 0 Å². The van der Waals surface area contributed by atoms with Gasteiger partial charge >= 0.3 is 0 Å². The molecule has 1 aliphatic heterocycles. The summed E-state index contributed by atoms with van der Waals surface area (Å²) in [6.07, 6.45) is 1.57. The summed E-state index contributed by atoms with van der Waals surface area (Å²) in [5.74, 6) is 1.60. The van der Waals surface area contributed by atoms with E-state index in [0.717, 1.165) is 18.9 Å². The summed E-state index contributed by atoms with van der Waals surface area (Å²) in [5.41, 5.74) is 0. The van der Waals surface area contributed by atoms with Crippen LogP contribution in [0.2, 0.25) is 0 Å². The quantitative estimate of drug-likeness (QED) is 0.850. The van der Waals surface area contributed by atoms with Crippen LogP contribution in [0.4, 0.5) is 5.82 Å². The van der Waals surface area contributed by atoms with Crippen LogP contribution in [0, 0.1) is 0 Å². The van der Waals surface area contributed by atoms with Crippen LogP contribution < -0.4 is 15.0 Å². The molecule has 2 unspecified atom stereocenters. The topological polar surface area (TPSA) is 50.3 Å². The molecule has 5 nitrogen and oxygen atoms in total. The smallest absolute Gasteiger partial charge is 0.218 e. The largest absolute Gasteiger partial charge is 0.478 e. The molecule has 0 amide bonds. The van der Waals surface area contributed by atoms with Gasteiger partial charge in [0.1, 0.15) is 12.1 Å². The summed E-state index contributed by atoms with van der Waals surface area (Å²) in [7, 11) is 0. The van der Waals surface area contributed by atoms with Crippen LogP contribution in [0.5, 0.6) is 5.88 Å². The maximum Gasteiger partial charge on any atom is 0.218 e.